The molecule has 6 heteroatoms. The Morgan fingerprint density at radius 2 is 1.95 bits per heavy atom. The molecule has 0 aromatic heterocycles. The van der Waals surface area contributed by atoms with Crippen LogP contribution in [0.3, 0.4) is 0 Å². The van der Waals surface area contributed by atoms with Crippen LogP contribution in [0.5, 0.6) is 5.75 Å². The number of ether oxygens (including phenoxy) is 1. The van der Waals surface area contributed by atoms with Gasteiger partial charge in [0.2, 0.25) is 0 Å². The minimum absolute atomic E-state index is 0.0613. The minimum atomic E-state index is -2.48. The molecule has 0 fully saturated rings. The maximum atomic E-state index is 14.6. The van der Waals surface area contributed by atoms with Crippen molar-refractivity contribution in [2.24, 2.45) is 5.73 Å². The topological polar surface area (TPSA) is 96.3 Å². The molecule has 1 amide bonds. The Balaban J connectivity index is 2.86. The zero-order valence-electron chi connectivity index (χ0n) is 11.7. The molecule has 0 spiro atoms. The van der Waals surface area contributed by atoms with E-state index < -0.39 is 22.9 Å². The molecule has 0 saturated carbocycles. The molecule has 2 aromatic carbocycles. The fourth-order valence-corrected chi connectivity index (χ4v) is 2.25. The van der Waals surface area contributed by atoms with E-state index in [0.29, 0.717) is 0 Å². The predicted octanol–water partition coefficient (Wildman–Crippen LogP) is 1.43. The Labute approximate surface area is 126 Å². The summed E-state index contributed by atoms with van der Waals surface area (Å²) >= 11 is 0. The first-order valence-electron chi connectivity index (χ1n) is 6.31. The van der Waals surface area contributed by atoms with Gasteiger partial charge in [0.05, 0.1) is 24.3 Å². The van der Waals surface area contributed by atoms with Crippen molar-refractivity contribution >= 4 is 5.91 Å². The number of amides is 1. The zero-order valence-corrected chi connectivity index (χ0v) is 11.7. The third kappa shape index (κ3) is 2.28. The summed E-state index contributed by atoms with van der Waals surface area (Å²) in [5.41, 5.74) is 2.17. The van der Waals surface area contributed by atoms with Gasteiger partial charge in [-0.1, -0.05) is 30.3 Å². The van der Waals surface area contributed by atoms with Crippen LogP contribution in [0.25, 0.3) is 0 Å². The number of halogens is 1. The lowest BCUT2D eigenvalue weighted by Crippen LogP contribution is -2.43. The molecule has 0 bridgehead atoms. The van der Waals surface area contributed by atoms with Crippen molar-refractivity contribution in [3.8, 4) is 11.8 Å². The number of rotatable bonds is 4. The fourth-order valence-electron chi connectivity index (χ4n) is 2.25. The Morgan fingerprint density at radius 3 is 2.45 bits per heavy atom. The van der Waals surface area contributed by atoms with Crippen LogP contribution in [0, 0.1) is 17.1 Å². The van der Waals surface area contributed by atoms with Gasteiger partial charge < -0.3 is 15.6 Å². The maximum absolute atomic E-state index is 14.6. The second kappa shape index (κ2) is 5.84. The minimum Gasteiger partial charge on any atom is -0.494 e. The highest BCUT2D eigenvalue weighted by Gasteiger charge is 2.43. The van der Waals surface area contributed by atoms with Gasteiger partial charge in [-0.3, -0.25) is 4.79 Å². The summed E-state index contributed by atoms with van der Waals surface area (Å²) in [6.07, 6.45) is 0. The highest BCUT2D eigenvalue weighted by molar-refractivity contribution is 5.89. The van der Waals surface area contributed by atoms with Gasteiger partial charge in [0.15, 0.2) is 17.2 Å². The van der Waals surface area contributed by atoms with Gasteiger partial charge >= 0.3 is 0 Å². The van der Waals surface area contributed by atoms with Gasteiger partial charge in [-0.2, -0.15) is 5.26 Å². The molecule has 0 aliphatic carbocycles. The van der Waals surface area contributed by atoms with Crippen molar-refractivity contribution in [3.05, 3.63) is 65.0 Å². The quantitative estimate of drug-likeness (QED) is 0.892. The smallest absolute Gasteiger partial charge is 0.259 e. The average molecular weight is 300 g/mol. The van der Waals surface area contributed by atoms with E-state index in [1.165, 1.54) is 31.4 Å². The highest BCUT2D eigenvalue weighted by Crippen LogP contribution is 2.36. The van der Waals surface area contributed by atoms with Gasteiger partial charge in [0, 0.05) is 0 Å². The molecule has 112 valence electrons. The lowest BCUT2D eigenvalue weighted by molar-refractivity contribution is -0.133. The summed E-state index contributed by atoms with van der Waals surface area (Å²) in [7, 11) is 1.24. The molecule has 5 nitrogen and oxygen atoms in total. The average Bonchev–Trinajstić information content (AvgIpc) is 2.54. The SMILES string of the molecule is COc1ccc(C#N)c(C(O)(C(N)=O)c2ccccc2)c1F. The number of benzene rings is 2. The molecule has 1 atom stereocenters. The number of hydrogen-bond acceptors (Lipinski definition) is 4. The number of carbonyl (C=O) groups excluding carboxylic acids is 1. The van der Waals surface area contributed by atoms with E-state index >= 15 is 0 Å². The van der Waals surface area contributed by atoms with Gasteiger partial charge in [-0.05, 0) is 17.7 Å². The van der Waals surface area contributed by atoms with Crippen molar-refractivity contribution in [1.82, 2.24) is 0 Å². The normalized spacial score (nSPS) is 13.0. The van der Waals surface area contributed by atoms with Crippen LogP contribution in [0.2, 0.25) is 0 Å². The zero-order chi connectivity index (χ0) is 16.3. The lowest BCUT2D eigenvalue weighted by Gasteiger charge is -2.27. The molecule has 3 N–H and O–H groups in total. The Bertz CT molecular complexity index is 756. The Kier molecular flexibility index (Phi) is 4.11. The van der Waals surface area contributed by atoms with Crippen LogP contribution in [0.15, 0.2) is 42.5 Å². The van der Waals surface area contributed by atoms with Gasteiger partial charge in [0.1, 0.15) is 0 Å². The van der Waals surface area contributed by atoms with E-state index in [4.69, 9.17) is 10.5 Å². The first-order valence-corrected chi connectivity index (χ1v) is 6.31. The molecule has 0 saturated heterocycles. The number of nitriles is 1. The number of nitrogens with zero attached hydrogens (tertiary/aromatic N) is 1. The van der Waals surface area contributed by atoms with E-state index in [9.17, 15) is 19.6 Å². The Hall–Kier alpha value is -2.91. The van der Waals surface area contributed by atoms with Gasteiger partial charge in [-0.15, -0.1) is 0 Å². The van der Waals surface area contributed by atoms with Crippen molar-refractivity contribution in [2.75, 3.05) is 7.11 Å². The van der Waals surface area contributed by atoms with Crippen molar-refractivity contribution in [2.45, 2.75) is 5.60 Å². The molecular weight excluding hydrogens is 287 g/mol. The van der Waals surface area contributed by atoms with Crippen LogP contribution in [-0.2, 0) is 10.4 Å². The number of nitrogens with two attached hydrogens (primary N) is 1. The molecule has 0 aliphatic heterocycles. The summed E-state index contributed by atoms with van der Waals surface area (Å²) < 4.78 is 19.5. The van der Waals surface area contributed by atoms with E-state index in [0.717, 1.165) is 0 Å². The third-order valence-corrected chi connectivity index (χ3v) is 3.36. The fraction of sp³-hybridized carbons (Fsp3) is 0.125. The first-order chi connectivity index (χ1) is 10.5. The lowest BCUT2D eigenvalue weighted by atomic mass is 9.82. The molecule has 0 heterocycles. The standard InChI is InChI=1S/C16H13FN2O3/c1-22-12-8-7-10(9-18)13(14(12)17)16(21,15(19)20)11-5-3-2-4-6-11/h2-8,21H,1H3,(H2,19,20). The molecule has 0 radical (unpaired) electrons. The molecule has 2 rings (SSSR count). The van der Waals surface area contributed by atoms with E-state index in [1.54, 1.807) is 24.3 Å². The second-order valence-electron chi connectivity index (χ2n) is 4.56. The molecule has 22 heavy (non-hydrogen) atoms. The van der Waals surface area contributed by atoms with Crippen LogP contribution >= 0.6 is 0 Å². The number of methoxy groups -OCH3 is 1. The summed E-state index contributed by atoms with van der Waals surface area (Å²) in [5.74, 6) is -2.40. The van der Waals surface area contributed by atoms with E-state index in [-0.39, 0.29) is 16.9 Å². The van der Waals surface area contributed by atoms with Crippen LogP contribution in [0.1, 0.15) is 16.7 Å². The molecule has 2 aromatic rings. The number of aliphatic hydroxyl groups is 1. The van der Waals surface area contributed by atoms with Crippen LogP contribution in [-0.4, -0.2) is 18.1 Å². The monoisotopic (exact) mass is 300 g/mol. The first kappa shape index (κ1) is 15.5. The summed E-state index contributed by atoms with van der Waals surface area (Å²) in [5, 5.41) is 20.0. The Morgan fingerprint density at radius 1 is 1.32 bits per heavy atom. The summed E-state index contributed by atoms with van der Waals surface area (Å²) in [6, 6.07) is 11.9. The van der Waals surface area contributed by atoms with E-state index in [1.807, 2.05) is 0 Å². The van der Waals surface area contributed by atoms with Crippen molar-refractivity contribution in [1.29, 1.82) is 5.26 Å². The number of primary amides is 1. The molecular formula is C16H13FN2O3. The van der Waals surface area contributed by atoms with Gasteiger partial charge in [-0.25, -0.2) is 4.39 Å². The number of carbonyl (C=O) groups is 1. The highest BCUT2D eigenvalue weighted by atomic mass is 19.1. The number of hydrogen-bond donors (Lipinski definition) is 2. The van der Waals surface area contributed by atoms with Crippen molar-refractivity contribution < 1.29 is 19.0 Å². The van der Waals surface area contributed by atoms with Crippen LogP contribution in [0.4, 0.5) is 4.39 Å². The van der Waals surface area contributed by atoms with E-state index in [2.05, 4.69) is 0 Å². The largest absolute Gasteiger partial charge is 0.494 e. The molecule has 0 aliphatic rings. The predicted molar refractivity (Wildman–Crippen MR) is 76.3 cm³/mol. The van der Waals surface area contributed by atoms with Crippen LogP contribution < -0.4 is 10.5 Å². The maximum Gasteiger partial charge on any atom is 0.259 e. The van der Waals surface area contributed by atoms with Gasteiger partial charge in [0.25, 0.3) is 5.91 Å². The second-order valence-corrected chi connectivity index (χ2v) is 4.56. The molecule has 1 unspecified atom stereocenters. The summed E-state index contributed by atoms with van der Waals surface area (Å²) in [6.45, 7) is 0. The third-order valence-electron chi connectivity index (χ3n) is 3.36. The van der Waals surface area contributed by atoms with Crippen molar-refractivity contribution in [3.63, 3.8) is 0 Å². The summed E-state index contributed by atoms with van der Waals surface area (Å²) in [4.78, 5) is 11.9.